The van der Waals surface area contributed by atoms with Gasteiger partial charge in [0.2, 0.25) is 5.91 Å². The van der Waals surface area contributed by atoms with Gasteiger partial charge in [0.15, 0.2) is 0 Å². The first-order valence-corrected chi connectivity index (χ1v) is 10.8. The van der Waals surface area contributed by atoms with E-state index in [1.54, 1.807) is 0 Å². The summed E-state index contributed by atoms with van der Waals surface area (Å²) in [5.41, 5.74) is 5.32. The summed E-state index contributed by atoms with van der Waals surface area (Å²) in [6.07, 6.45) is 7.96. The van der Waals surface area contributed by atoms with Gasteiger partial charge in [0.05, 0.1) is 6.54 Å². The number of anilines is 1. The lowest BCUT2D eigenvalue weighted by Crippen LogP contribution is -2.51. The quantitative estimate of drug-likeness (QED) is 0.723. The van der Waals surface area contributed by atoms with Crippen LogP contribution in [0.3, 0.4) is 0 Å². The molecule has 1 aliphatic carbocycles. The van der Waals surface area contributed by atoms with Gasteiger partial charge >= 0.3 is 6.03 Å². The van der Waals surface area contributed by atoms with Crippen LogP contribution in [-0.2, 0) is 4.79 Å². The molecule has 1 aliphatic heterocycles. The van der Waals surface area contributed by atoms with Crippen LogP contribution < -0.4 is 15.5 Å². The number of aryl methyl sites for hydroxylation is 1. The molecular weight excluding hydrogens is 364 g/mol. The maximum Gasteiger partial charge on any atom is 0.321 e. The van der Waals surface area contributed by atoms with Crippen molar-refractivity contribution in [1.82, 2.24) is 15.5 Å². The Labute approximate surface area is 174 Å². The highest BCUT2D eigenvalue weighted by Gasteiger charge is 2.21. The fraction of sp³-hybridized carbons (Fsp3) is 0.565. The first-order chi connectivity index (χ1) is 14.0. The lowest BCUT2D eigenvalue weighted by Gasteiger charge is -2.36. The number of allylic oxidation sites excluding steroid dienone is 1. The summed E-state index contributed by atoms with van der Waals surface area (Å²) in [5.74, 6) is -0.237. The van der Waals surface area contributed by atoms with Crippen LogP contribution >= 0.6 is 0 Å². The van der Waals surface area contributed by atoms with Crippen LogP contribution in [0.15, 0.2) is 29.8 Å². The molecular formula is C23H34N4O2. The zero-order valence-electron chi connectivity index (χ0n) is 17.8. The fourth-order valence-electron chi connectivity index (χ4n) is 4.11. The average molecular weight is 399 g/mol. The number of nitrogens with one attached hydrogen (secondary N) is 2. The average Bonchev–Trinajstić information content (AvgIpc) is 2.71. The van der Waals surface area contributed by atoms with Gasteiger partial charge in [-0.15, -0.1) is 0 Å². The Morgan fingerprint density at radius 3 is 2.59 bits per heavy atom. The highest BCUT2D eigenvalue weighted by Crippen LogP contribution is 2.23. The number of hydrogen-bond acceptors (Lipinski definition) is 4. The van der Waals surface area contributed by atoms with Crippen molar-refractivity contribution < 1.29 is 9.59 Å². The van der Waals surface area contributed by atoms with Crippen LogP contribution in [0.2, 0.25) is 0 Å². The number of urea groups is 1. The zero-order chi connectivity index (χ0) is 20.6. The normalized spacial score (nSPS) is 17.6. The molecule has 0 bridgehead atoms. The molecule has 2 aliphatic rings. The number of carbonyl (C=O) groups excluding carboxylic acids is 2. The molecule has 1 fully saturated rings. The molecule has 1 saturated heterocycles. The number of imide groups is 1. The van der Waals surface area contributed by atoms with Crippen LogP contribution in [0, 0.1) is 13.8 Å². The number of nitrogens with zero attached hydrogens (tertiary/aromatic N) is 2. The van der Waals surface area contributed by atoms with Crippen LogP contribution in [0.5, 0.6) is 0 Å². The van der Waals surface area contributed by atoms with Crippen molar-refractivity contribution in [3.8, 4) is 0 Å². The summed E-state index contributed by atoms with van der Waals surface area (Å²) in [6, 6.07) is 6.01. The van der Waals surface area contributed by atoms with Gasteiger partial charge in [-0.05, 0) is 63.1 Å². The Bertz CT molecular complexity index is 751. The van der Waals surface area contributed by atoms with E-state index in [9.17, 15) is 9.59 Å². The Kier molecular flexibility index (Phi) is 7.69. The number of hydrogen-bond donors (Lipinski definition) is 2. The van der Waals surface area contributed by atoms with E-state index < -0.39 is 0 Å². The predicted molar refractivity (Wildman–Crippen MR) is 117 cm³/mol. The smallest absolute Gasteiger partial charge is 0.321 e. The number of piperazine rings is 1. The summed E-state index contributed by atoms with van der Waals surface area (Å²) < 4.78 is 0. The van der Waals surface area contributed by atoms with Gasteiger partial charge < -0.3 is 10.2 Å². The molecule has 6 nitrogen and oxygen atoms in total. The maximum absolute atomic E-state index is 12.2. The molecule has 29 heavy (non-hydrogen) atoms. The molecule has 1 heterocycles. The van der Waals surface area contributed by atoms with Crippen LogP contribution in [0.1, 0.15) is 43.2 Å². The van der Waals surface area contributed by atoms with E-state index >= 15 is 0 Å². The Morgan fingerprint density at radius 1 is 1.07 bits per heavy atom. The molecule has 3 amide bonds. The van der Waals surface area contributed by atoms with Crippen molar-refractivity contribution in [2.75, 3.05) is 44.2 Å². The van der Waals surface area contributed by atoms with E-state index in [-0.39, 0.29) is 18.5 Å². The van der Waals surface area contributed by atoms with E-state index in [4.69, 9.17) is 0 Å². The topological polar surface area (TPSA) is 64.7 Å². The third-order valence-corrected chi connectivity index (χ3v) is 6.03. The summed E-state index contributed by atoms with van der Waals surface area (Å²) >= 11 is 0. The highest BCUT2D eigenvalue weighted by molar-refractivity contribution is 5.95. The van der Waals surface area contributed by atoms with Crippen molar-refractivity contribution in [3.05, 3.63) is 41.0 Å². The summed E-state index contributed by atoms with van der Waals surface area (Å²) in [6.45, 7) is 8.55. The van der Waals surface area contributed by atoms with E-state index in [0.29, 0.717) is 6.54 Å². The Morgan fingerprint density at radius 2 is 1.86 bits per heavy atom. The van der Waals surface area contributed by atoms with Gasteiger partial charge in [0, 0.05) is 38.4 Å². The Balaban J connectivity index is 1.35. The minimum atomic E-state index is -0.388. The molecule has 0 saturated carbocycles. The number of benzene rings is 1. The molecule has 3 rings (SSSR count). The SMILES string of the molecule is Cc1cccc(N2CCN(CC(=O)NC(=O)NCCC3=CCCCC3)CC2)c1C. The molecule has 2 N–H and O–H groups in total. The second-order valence-electron chi connectivity index (χ2n) is 8.14. The van der Waals surface area contributed by atoms with Crippen LogP contribution in [0.25, 0.3) is 0 Å². The van der Waals surface area contributed by atoms with Crippen molar-refractivity contribution >= 4 is 17.6 Å². The predicted octanol–water partition coefficient (Wildman–Crippen LogP) is 3.14. The number of rotatable bonds is 6. The molecule has 0 radical (unpaired) electrons. The maximum atomic E-state index is 12.2. The number of carbonyl (C=O) groups is 2. The zero-order valence-corrected chi connectivity index (χ0v) is 17.8. The van der Waals surface area contributed by atoms with Crippen molar-refractivity contribution in [1.29, 1.82) is 0 Å². The van der Waals surface area contributed by atoms with E-state index in [2.05, 4.69) is 58.6 Å². The first-order valence-electron chi connectivity index (χ1n) is 10.8. The molecule has 6 heteroatoms. The molecule has 1 aromatic rings. The van der Waals surface area contributed by atoms with Crippen molar-refractivity contribution in [3.63, 3.8) is 0 Å². The molecule has 1 aromatic carbocycles. The van der Waals surface area contributed by atoms with E-state index in [1.807, 2.05) is 0 Å². The Hall–Kier alpha value is -2.34. The number of amides is 3. The minimum absolute atomic E-state index is 0.237. The van der Waals surface area contributed by atoms with Gasteiger partial charge in [-0.1, -0.05) is 23.8 Å². The van der Waals surface area contributed by atoms with E-state index in [0.717, 1.165) is 45.4 Å². The van der Waals surface area contributed by atoms with Gasteiger partial charge in [-0.25, -0.2) is 4.79 Å². The van der Waals surface area contributed by atoms with Gasteiger partial charge in [0.1, 0.15) is 0 Å². The second-order valence-corrected chi connectivity index (χ2v) is 8.14. The summed E-state index contributed by atoms with van der Waals surface area (Å²) in [4.78, 5) is 28.6. The summed E-state index contributed by atoms with van der Waals surface area (Å²) in [5, 5.41) is 5.26. The lowest BCUT2D eigenvalue weighted by atomic mass is 9.97. The largest absolute Gasteiger partial charge is 0.369 e. The molecule has 0 unspecified atom stereocenters. The highest BCUT2D eigenvalue weighted by atomic mass is 16.2. The first kappa shape index (κ1) is 21.4. The fourth-order valence-corrected chi connectivity index (χ4v) is 4.11. The standard InChI is InChI=1S/C23H34N4O2/c1-18-7-6-10-21(19(18)2)27-15-13-26(14-16-27)17-22(28)25-23(29)24-12-11-20-8-4-3-5-9-20/h6-8,10H,3-5,9,11-17H2,1-2H3,(H2,24,25,28,29). The van der Waals surface area contributed by atoms with Gasteiger partial charge in [0.25, 0.3) is 0 Å². The summed E-state index contributed by atoms with van der Waals surface area (Å²) in [7, 11) is 0. The lowest BCUT2D eigenvalue weighted by molar-refractivity contribution is -0.121. The van der Waals surface area contributed by atoms with E-state index in [1.165, 1.54) is 35.2 Å². The molecule has 158 valence electrons. The van der Waals surface area contributed by atoms with Gasteiger partial charge in [-0.2, -0.15) is 0 Å². The van der Waals surface area contributed by atoms with Crippen molar-refractivity contribution in [2.24, 2.45) is 0 Å². The second kappa shape index (κ2) is 10.4. The molecule has 0 aromatic heterocycles. The monoisotopic (exact) mass is 398 g/mol. The molecule has 0 spiro atoms. The third kappa shape index (κ3) is 6.32. The molecule has 0 atom stereocenters. The van der Waals surface area contributed by atoms with Gasteiger partial charge in [-0.3, -0.25) is 15.0 Å². The third-order valence-electron chi connectivity index (χ3n) is 6.03. The van der Waals surface area contributed by atoms with Crippen LogP contribution in [0.4, 0.5) is 10.5 Å². The minimum Gasteiger partial charge on any atom is -0.369 e. The van der Waals surface area contributed by atoms with Crippen LogP contribution in [-0.4, -0.2) is 56.1 Å². The van der Waals surface area contributed by atoms with Crippen molar-refractivity contribution in [2.45, 2.75) is 46.0 Å².